The van der Waals surface area contributed by atoms with E-state index in [-0.39, 0.29) is 0 Å². The van der Waals surface area contributed by atoms with Crippen LogP contribution in [0.15, 0.2) is 29.4 Å². The van der Waals surface area contributed by atoms with Crippen molar-refractivity contribution in [1.29, 1.82) is 0 Å². The van der Waals surface area contributed by atoms with Gasteiger partial charge in [0.25, 0.3) is 0 Å². The number of piperidine rings is 2. The standard InChI is InChI=1S/C22H31N7O/c1-2-30-19-12-6-5-11-18(19)17-23-27-20-24-21(28-13-7-3-8-14-28)26-22(25-20)29-15-9-4-10-16-29/h5-6,11-12,17H,2-4,7-10,13-16H2,1H3,(H,24,25,26,27)/b23-17+. The van der Waals surface area contributed by atoms with Crippen LogP contribution in [0.5, 0.6) is 5.75 Å². The molecule has 160 valence electrons. The van der Waals surface area contributed by atoms with E-state index in [2.05, 4.69) is 30.3 Å². The molecule has 0 atom stereocenters. The highest BCUT2D eigenvalue weighted by Gasteiger charge is 2.20. The van der Waals surface area contributed by atoms with Gasteiger partial charge >= 0.3 is 0 Å². The number of hydrazone groups is 1. The van der Waals surface area contributed by atoms with Crippen molar-refractivity contribution in [2.45, 2.75) is 45.4 Å². The van der Waals surface area contributed by atoms with Crippen LogP contribution in [-0.2, 0) is 0 Å². The fourth-order valence-corrected chi connectivity index (χ4v) is 3.91. The second-order valence-electron chi connectivity index (χ2n) is 7.70. The largest absolute Gasteiger partial charge is 0.493 e. The number of nitrogens with one attached hydrogen (secondary N) is 1. The second kappa shape index (κ2) is 10.2. The Morgan fingerprint density at radius 1 is 0.900 bits per heavy atom. The Kier molecular flexibility index (Phi) is 6.95. The third-order valence-electron chi connectivity index (χ3n) is 5.48. The molecule has 2 saturated heterocycles. The zero-order valence-electron chi connectivity index (χ0n) is 17.8. The Bertz CT molecular complexity index is 809. The van der Waals surface area contributed by atoms with Crippen molar-refractivity contribution < 1.29 is 4.74 Å². The summed E-state index contributed by atoms with van der Waals surface area (Å²) < 4.78 is 5.66. The maximum absolute atomic E-state index is 5.66. The number of ether oxygens (including phenoxy) is 1. The molecule has 0 aliphatic carbocycles. The minimum atomic E-state index is 0.483. The molecule has 0 bridgehead atoms. The van der Waals surface area contributed by atoms with Crippen molar-refractivity contribution >= 4 is 24.1 Å². The van der Waals surface area contributed by atoms with Crippen LogP contribution >= 0.6 is 0 Å². The lowest BCUT2D eigenvalue weighted by Gasteiger charge is -2.30. The molecule has 1 aromatic carbocycles. The SMILES string of the molecule is CCOc1ccccc1/C=N/Nc1nc(N2CCCCC2)nc(N2CCCCC2)n1. The Morgan fingerprint density at radius 3 is 2.10 bits per heavy atom. The molecule has 2 aromatic rings. The third kappa shape index (κ3) is 5.17. The molecule has 0 unspecified atom stereocenters. The van der Waals surface area contributed by atoms with Crippen LogP contribution in [0.1, 0.15) is 51.0 Å². The third-order valence-corrected chi connectivity index (χ3v) is 5.48. The molecule has 1 aromatic heterocycles. The minimum absolute atomic E-state index is 0.483. The van der Waals surface area contributed by atoms with E-state index in [4.69, 9.17) is 9.72 Å². The smallest absolute Gasteiger partial charge is 0.250 e. The molecule has 3 heterocycles. The Balaban J connectivity index is 1.55. The first-order valence-electron chi connectivity index (χ1n) is 11.1. The zero-order valence-corrected chi connectivity index (χ0v) is 17.8. The molecular weight excluding hydrogens is 378 g/mol. The molecule has 4 rings (SSSR count). The van der Waals surface area contributed by atoms with E-state index in [1.54, 1.807) is 6.21 Å². The molecule has 0 radical (unpaired) electrons. The predicted molar refractivity (Wildman–Crippen MR) is 121 cm³/mol. The summed E-state index contributed by atoms with van der Waals surface area (Å²) in [6.07, 6.45) is 9.01. The molecule has 8 heteroatoms. The van der Waals surface area contributed by atoms with E-state index in [1.807, 2.05) is 31.2 Å². The maximum atomic E-state index is 5.66. The Labute approximate surface area is 178 Å². The number of hydrogen-bond donors (Lipinski definition) is 1. The summed E-state index contributed by atoms with van der Waals surface area (Å²) in [4.78, 5) is 18.7. The summed E-state index contributed by atoms with van der Waals surface area (Å²) in [7, 11) is 0. The molecule has 2 aliphatic heterocycles. The first-order chi connectivity index (χ1) is 14.8. The normalized spacial score (nSPS) is 17.4. The average molecular weight is 410 g/mol. The lowest BCUT2D eigenvalue weighted by Crippen LogP contribution is -2.34. The number of aromatic nitrogens is 3. The van der Waals surface area contributed by atoms with E-state index < -0.39 is 0 Å². The predicted octanol–water partition coefficient (Wildman–Crippen LogP) is 3.70. The average Bonchev–Trinajstić information content (AvgIpc) is 2.81. The summed E-state index contributed by atoms with van der Waals surface area (Å²) in [5.41, 5.74) is 3.93. The van der Waals surface area contributed by atoms with Crippen LogP contribution < -0.4 is 20.0 Å². The highest BCUT2D eigenvalue weighted by Crippen LogP contribution is 2.22. The van der Waals surface area contributed by atoms with Gasteiger partial charge in [-0.3, -0.25) is 0 Å². The van der Waals surface area contributed by atoms with Crippen molar-refractivity contribution in [3.05, 3.63) is 29.8 Å². The van der Waals surface area contributed by atoms with E-state index >= 15 is 0 Å². The van der Waals surface area contributed by atoms with Gasteiger partial charge in [-0.1, -0.05) is 12.1 Å². The zero-order chi connectivity index (χ0) is 20.6. The van der Waals surface area contributed by atoms with Crippen LogP contribution in [0.25, 0.3) is 0 Å². The van der Waals surface area contributed by atoms with Crippen molar-refractivity contribution in [3.63, 3.8) is 0 Å². The van der Waals surface area contributed by atoms with Crippen LogP contribution in [0.3, 0.4) is 0 Å². The van der Waals surface area contributed by atoms with Gasteiger partial charge in [-0.05, 0) is 57.6 Å². The van der Waals surface area contributed by atoms with Gasteiger partial charge in [-0.15, -0.1) is 0 Å². The van der Waals surface area contributed by atoms with E-state index in [9.17, 15) is 0 Å². The summed E-state index contributed by atoms with van der Waals surface area (Å²) in [6.45, 7) is 6.56. The van der Waals surface area contributed by atoms with E-state index in [0.717, 1.165) is 49.4 Å². The first-order valence-corrected chi connectivity index (χ1v) is 11.1. The van der Waals surface area contributed by atoms with Gasteiger partial charge in [0.1, 0.15) is 5.75 Å². The van der Waals surface area contributed by atoms with Gasteiger partial charge in [-0.2, -0.15) is 20.1 Å². The van der Waals surface area contributed by atoms with Crippen molar-refractivity contribution in [2.75, 3.05) is 48.0 Å². The lowest BCUT2D eigenvalue weighted by atomic mass is 10.1. The molecule has 0 spiro atoms. The van der Waals surface area contributed by atoms with Gasteiger partial charge < -0.3 is 14.5 Å². The van der Waals surface area contributed by atoms with Crippen LogP contribution in [0.2, 0.25) is 0 Å². The van der Waals surface area contributed by atoms with Crippen LogP contribution in [-0.4, -0.2) is 54.0 Å². The molecule has 2 aliphatic rings. The summed E-state index contributed by atoms with van der Waals surface area (Å²) in [5, 5.41) is 4.38. The summed E-state index contributed by atoms with van der Waals surface area (Å²) in [6, 6.07) is 7.84. The number of para-hydroxylation sites is 1. The highest BCUT2D eigenvalue weighted by molar-refractivity contribution is 5.83. The van der Waals surface area contributed by atoms with Gasteiger partial charge in [-0.25, -0.2) is 5.43 Å². The molecule has 30 heavy (non-hydrogen) atoms. The molecule has 1 N–H and O–H groups in total. The number of hydrogen-bond acceptors (Lipinski definition) is 8. The minimum Gasteiger partial charge on any atom is -0.493 e. The number of benzene rings is 1. The molecule has 0 amide bonds. The molecule has 2 fully saturated rings. The summed E-state index contributed by atoms with van der Waals surface area (Å²) >= 11 is 0. The fraction of sp³-hybridized carbons (Fsp3) is 0.545. The second-order valence-corrected chi connectivity index (χ2v) is 7.70. The van der Waals surface area contributed by atoms with Gasteiger partial charge in [0, 0.05) is 31.7 Å². The topological polar surface area (TPSA) is 78.8 Å². The fourth-order valence-electron chi connectivity index (χ4n) is 3.91. The van der Waals surface area contributed by atoms with Gasteiger partial charge in [0.2, 0.25) is 17.8 Å². The molecular formula is C22H31N7O. The monoisotopic (exact) mass is 409 g/mol. The van der Waals surface area contributed by atoms with Crippen molar-refractivity contribution in [2.24, 2.45) is 5.10 Å². The van der Waals surface area contributed by atoms with Gasteiger partial charge in [0.15, 0.2) is 0 Å². The molecule has 8 nitrogen and oxygen atoms in total. The Hall–Kier alpha value is -2.90. The quantitative estimate of drug-likeness (QED) is 0.552. The number of rotatable bonds is 7. The number of nitrogens with zero attached hydrogens (tertiary/aromatic N) is 6. The van der Waals surface area contributed by atoms with E-state index in [1.165, 1.54) is 38.5 Å². The van der Waals surface area contributed by atoms with Crippen LogP contribution in [0, 0.1) is 0 Å². The van der Waals surface area contributed by atoms with Crippen LogP contribution in [0.4, 0.5) is 17.8 Å². The lowest BCUT2D eigenvalue weighted by molar-refractivity contribution is 0.340. The van der Waals surface area contributed by atoms with E-state index in [0.29, 0.717) is 12.6 Å². The van der Waals surface area contributed by atoms with Crippen molar-refractivity contribution in [3.8, 4) is 5.75 Å². The Morgan fingerprint density at radius 2 is 1.50 bits per heavy atom. The maximum Gasteiger partial charge on any atom is 0.250 e. The van der Waals surface area contributed by atoms with Crippen molar-refractivity contribution in [1.82, 2.24) is 15.0 Å². The summed E-state index contributed by atoms with van der Waals surface area (Å²) in [5.74, 6) is 2.79. The molecule has 0 saturated carbocycles. The first kappa shape index (κ1) is 20.4. The highest BCUT2D eigenvalue weighted by atomic mass is 16.5. The number of anilines is 3. The van der Waals surface area contributed by atoms with Gasteiger partial charge in [0.05, 0.1) is 12.8 Å².